The Morgan fingerprint density at radius 3 is 2.47 bits per heavy atom. The summed E-state index contributed by atoms with van der Waals surface area (Å²) < 4.78 is 10.8. The van der Waals surface area contributed by atoms with Crippen molar-refractivity contribution in [2.24, 2.45) is 0 Å². The molecule has 1 fully saturated rings. The molecular formula is C22H25ClN2O5. The van der Waals surface area contributed by atoms with E-state index in [2.05, 4.69) is 5.32 Å². The van der Waals surface area contributed by atoms with Gasteiger partial charge in [0.15, 0.2) is 0 Å². The Kier molecular flexibility index (Phi) is 6.95. The van der Waals surface area contributed by atoms with Gasteiger partial charge in [-0.2, -0.15) is 0 Å². The molecule has 1 saturated carbocycles. The lowest BCUT2D eigenvalue weighted by Gasteiger charge is -2.28. The average molecular weight is 433 g/mol. The van der Waals surface area contributed by atoms with Gasteiger partial charge >= 0.3 is 0 Å². The van der Waals surface area contributed by atoms with E-state index in [-0.39, 0.29) is 17.7 Å². The number of hydrogen-bond donors (Lipinski definition) is 1. The SMILES string of the molecule is COC[C@@H](C)Oc1ccc(NC(=O)C2(c3ccc([N+](=O)[O-])cc3)CCCC2)cc1Cl. The molecule has 1 atom stereocenters. The molecule has 8 heteroatoms. The van der Waals surface area contributed by atoms with E-state index in [1.54, 1.807) is 37.4 Å². The summed E-state index contributed by atoms with van der Waals surface area (Å²) in [6.07, 6.45) is 3.09. The lowest BCUT2D eigenvalue weighted by molar-refractivity contribution is -0.384. The Morgan fingerprint density at radius 1 is 1.23 bits per heavy atom. The fourth-order valence-corrected chi connectivity index (χ4v) is 4.16. The first kappa shape index (κ1) is 22.1. The maximum absolute atomic E-state index is 13.3. The Morgan fingerprint density at radius 2 is 1.90 bits per heavy atom. The van der Waals surface area contributed by atoms with Gasteiger partial charge in [0.05, 0.1) is 22.0 Å². The Hall–Kier alpha value is -2.64. The normalized spacial score (nSPS) is 16.1. The number of rotatable bonds is 8. The number of methoxy groups -OCH3 is 1. The van der Waals surface area contributed by atoms with Crippen LogP contribution in [0.5, 0.6) is 5.75 Å². The molecule has 1 aliphatic carbocycles. The van der Waals surface area contributed by atoms with Gasteiger partial charge in [-0.05, 0) is 43.5 Å². The third kappa shape index (κ3) is 4.74. The van der Waals surface area contributed by atoms with Crippen LogP contribution >= 0.6 is 11.6 Å². The number of nitro benzene ring substituents is 1. The molecule has 0 spiro atoms. The first-order valence-electron chi connectivity index (χ1n) is 9.87. The summed E-state index contributed by atoms with van der Waals surface area (Å²) in [5, 5.41) is 14.3. The maximum Gasteiger partial charge on any atom is 0.269 e. The largest absolute Gasteiger partial charge is 0.487 e. The minimum atomic E-state index is -0.705. The summed E-state index contributed by atoms with van der Waals surface area (Å²) in [5.41, 5.74) is 0.675. The molecule has 2 aromatic rings. The van der Waals surface area contributed by atoms with Crippen LogP contribution in [-0.2, 0) is 14.9 Å². The van der Waals surface area contributed by atoms with Crippen molar-refractivity contribution in [3.8, 4) is 5.75 Å². The van der Waals surface area contributed by atoms with Crippen LogP contribution in [0.4, 0.5) is 11.4 Å². The highest BCUT2D eigenvalue weighted by atomic mass is 35.5. The van der Waals surface area contributed by atoms with Gasteiger partial charge in [-0.15, -0.1) is 0 Å². The van der Waals surface area contributed by atoms with Crippen LogP contribution in [-0.4, -0.2) is 30.7 Å². The van der Waals surface area contributed by atoms with Crippen LogP contribution in [0.2, 0.25) is 5.02 Å². The first-order chi connectivity index (χ1) is 14.4. The topological polar surface area (TPSA) is 90.7 Å². The van der Waals surface area contributed by atoms with Gasteiger partial charge in [0.2, 0.25) is 5.91 Å². The highest BCUT2D eigenvalue weighted by Gasteiger charge is 2.42. The summed E-state index contributed by atoms with van der Waals surface area (Å²) >= 11 is 6.33. The summed E-state index contributed by atoms with van der Waals surface area (Å²) in [6.45, 7) is 2.32. The zero-order valence-electron chi connectivity index (χ0n) is 17.0. The van der Waals surface area contributed by atoms with Crippen molar-refractivity contribution in [1.29, 1.82) is 0 Å². The third-order valence-corrected chi connectivity index (χ3v) is 5.74. The van der Waals surface area contributed by atoms with Crippen molar-refractivity contribution in [3.63, 3.8) is 0 Å². The molecule has 0 aliphatic heterocycles. The first-order valence-corrected chi connectivity index (χ1v) is 10.2. The van der Waals surface area contributed by atoms with Crippen LogP contribution in [0.1, 0.15) is 38.2 Å². The second-order valence-electron chi connectivity index (χ2n) is 7.58. The zero-order chi connectivity index (χ0) is 21.7. The van der Waals surface area contributed by atoms with Crippen molar-refractivity contribution in [2.75, 3.05) is 19.0 Å². The molecule has 3 rings (SSSR count). The predicted molar refractivity (Wildman–Crippen MR) is 115 cm³/mol. The second kappa shape index (κ2) is 9.45. The summed E-state index contributed by atoms with van der Waals surface area (Å²) in [6, 6.07) is 11.4. The van der Waals surface area contributed by atoms with E-state index < -0.39 is 10.3 Å². The summed E-state index contributed by atoms with van der Waals surface area (Å²) in [5.74, 6) is 0.386. The second-order valence-corrected chi connectivity index (χ2v) is 7.98. The predicted octanol–water partition coefficient (Wildman–Crippen LogP) is 5.11. The number of non-ortho nitro benzene ring substituents is 1. The molecule has 0 bridgehead atoms. The number of nitrogens with one attached hydrogen (secondary N) is 1. The van der Waals surface area contributed by atoms with Gasteiger partial charge < -0.3 is 14.8 Å². The van der Waals surface area contributed by atoms with Crippen molar-refractivity contribution < 1.29 is 19.2 Å². The van der Waals surface area contributed by atoms with E-state index in [1.807, 2.05) is 6.92 Å². The van der Waals surface area contributed by atoms with E-state index in [1.165, 1.54) is 12.1 Å². The molecule has 1 N–H and O–H groups in total. The van der Waals surface area contributed by atoms with E-state index in [0.717, 1.165) is 18.4 Å². The monoisotopic (exact) mass is 432 g/mol. The maximum atomic E-state index is 13.3. The molecule has 0 radical (unpaired) electrons. The number of benzene rings is 2. The number of hydrogen-bond acceptors (Lipinski definition) is 5. The minimum Gasteiger partial charge on any atom is -0.487 e. The van der Waals surface area contributed by atoms with Gasteiger partial charge in [-0.25, -0.2) is 0 Å². The number of carbonyl (C=O) groups is 1. The van der Waals surface area contributed by atoms with E-state index >= 15 is 0 Å². The third-order valence-electron chi connectivity index (χ3n) is 5.44. The minimum absolute atomic E-state index is 0.0115. The van der Waals surface area contributed by atoms with Gasteiger partial charge in [0, 0.05) is 24.9 Å². The van der Waals surface area contributed by atoms with Crippen LogP contribution in [0.15, 0.2) is 42.5 Å². The van der Waals surface area contributed by atoms with Crippen LogP contribution in [0.3, 0.4) is 0 Å². The van der Waals surface area contributed by atoms with Crippen LogP contribution in [0, 0.1) is 10.1 Å². The Balaban J connectivity index is 1.78. The Labute approximate surface area is 180 Å². The number of halogens is 1. The van der Waals surface area contributed by atoms with Crippen molar-refractivity contribution >= 4 is 28.9 Å². The lowest BCUT2D eigenvalue weighted by Crippen LogP contribution is -2.38. The summed E-state index contributed by atoms with van der Waals surface area (Å²) in [4.78, 5) is 23.8. The standard InChI is InChI=1S/C22H25ClN2O5/c1-15(14-29-2)30-20-10-7-17(13-19(20)23)24-21(26)22(11-3-4-12-22)16-5-8-18(9-6-16)25(27)28/h5-10,13,15H,3-4,11-12,14H2,1-2H3,(H,24,26)/t15-/m1/s1. The fourth-order valence-electron chi connectivity index (χ4n) is 3.94. The Bertz CT molecular complexity index is 910. The summed E-state index contributed by atoms with van der Waals surface area (Å²) in [7, 11) is 1.60. The lowest BCUT2D eigenvalue weighted by atomic mass is 9.78. The molecule has 0 heterocycles. The van der Waals surface area contributed by atoms with Crippen LogP contribution in [0.25, 0.3) is 0 Å². The molecule has 0 aromatic heterocycles. The number of amides is 1. The van der Waals surface area contributed by atoms with Gasteiger partial charge in [0.25, 0.3) is 5.69 Å². The molecular weight excluding hydrogens is 408 g/mol. The molecule has 0 unspecified atom stereocenters. The quantitative estimate of drug-likeness (QED) is 0.462. The smallest absolute Gasteiger partial charge is 0.269 e. The molecule has 30 heavy (non-hydrogen) atoms. The molecule has 2 aromatic carbocycles. The number of ether oxygens (including phenoxy) is 2. The molecule has 0 saturated heterocycles. The van der Waals surface area contributed by atoms with E-state index in [0.29, 0.717) is 35.9 Å². The number of nitro groups is 1. The number of anilines is 1. The van der Waals surface area contributed by atoms with E-state index in [9.17, 15) is 14.9 Å². The number of carbonyl (C=O) groups excluding carboxylic acids is 1. The highest BCUT2D eigenvalue weighted by molar-refractivity contribution is 6.32. The highest BCUT2D eigenvalue weighted by Crippen LogP contribution is 2.42. The van der Waals surface area contributed by atoms with Crippen molar-refractivity contribution in [1.82, 2.24) is 0 Å². The van der Waals surface area contributed by atoms with Gasteiger partial charge in [0.1, 0.15) is 11.9 Å². The van der Waals surface area contributed by atoms with Crippen LogP contribution < -0.4 is 10.1 Å². The molecule has 1 amide bonds. The number of nitrogens with zero attached hydrogens (tertiary/aromatic N) is 1. The van der Waals surface area contributed by atoms with Gasteiger partial charge in [-0.1, -0.05) is 36.6 Å². The molecule has 7 nitrogen and oxygen atoms in total. The molecule has 160 valence electrons. The van der Waals surface area contributed by atoms with Gasteiger partial charge in [-0.3, -0.25) is 14.9 Å². The molecule has 1 aliphatic rings. The van der Waals surface area contributed by atoms with E-state index in [4.69, 9.17) is 21.1 Å². The zero-order valence-corrected chi connectivity index (χ0v) is 17.8. The fraction of sp³-hybridized carbons (Fsp3) is 0.409. The van der Waals surface area contributed by atoms with Crippen molar-refractivity contribution in [3.05, 3.63) is 63.2 Å². The average Bonchev–Trinajstić information content (AvgIpc) is 3.21. The van der Waals surface area contributed by atoms with Crippen molar-refractivity contribution in [2.45, 2.75) is 44.1 Å².